The first-order valence-corrected chi connectivity index (χ1v) is 5.54. The molecule has 16 heavy (non-hydrogen) atoms. The molecule has 0 amide bonds. The molecule has 3 heteroatoms. The van der Waals surface area contributed by atoms with Gasteiger partial charge in [0.25, 0.3) is 0 Å². The lowest BCUT2D eigenvalue weighted by molar-refractivity contribution is -0.141. The van der Waals surface area contributed by atoms with E-state index in [-0.39, 0.29) is 12.0 Å². The fourth-order valence-corrected chi connectivity index (χ4v) is 1.77. The van der Waals surface area contributed by atoms with Gasteiger partial charge in [0, 0.05) is 6.04 Å². The monoisotopic (exact) mass is 221 g/mol. The SMILES string of the molecule is CCNC(CC(=O)OC)c1ccccc1C. The van der Waals surface area contributed by atoms with Crippen molar-refractivity contribution in [2.75, 3.05) is 13.7 Å². The summed E-state index contributed by atoms with van der Waals surface area (Å²) < 4.78 is 4.71. The van der Waals surface area contributed by atoms with Crippen LogP contribution in [0, 0.1) is 6.92 Å². The number of ether oxygens (including phenoxy) is 1. The first kappa shape index (κ1) is 12.7. The molecule has 0 saturated carbocycles. The highest BCUT2D eigenvalue weighted by Gasteiger charge is 2.16. The molecule has 1 aromatic carbocycles. The summed E-state index contributed by atoms with van der Waals surface area (Å²) in [6.07, 6.45) is 0.370. The molecule has 1 atom stereocenters. The zero-order chi connectivity index (χ0) is 12.0. The Labute approximate surface area is 96.8 Å². The van der Waals surface area contributed by atoms with E-state index >= 15 is 0 Å². The van der Waals surface area contributed by atoms with Crippen LogP contribution in [0.5, 0.6) is 0 Å². The van der Waals surface area contributed by atoms with Crippen LogP contribution in [0.1, 0.15) is 30.5 Å². The second kappa shape index (κ2) is 6.28. The van der Waals surface area contributed by atoms with Crippen LogP contribution in [0.4, 0.5) is 0 Å². The molecule has 1 aromatic rings. The van der Waals surface area contributed by atoms with Crippen LogP contribution < -0.4 is 5.32 Å². The Morgan fingerprint density at radius 2 is 2.12 bits per heavy atom. The average Bonchev–Trinajstić information content (AvgIpc) is 2.29. The smallest absolute Gasteiger partial charge is 0.307 e. The van der Waals surface area contributed by atoms with Crippen molar-refractivity contribution in [3.8, 4) is 0 Å². The Bertz CT molecular complexity index is 350. The van der Waals surface area contributed by atoms with Gasteiger partial charge >= 0.3 is 5.97 Å². The van der Waals surface area contributed by atoms with Crippen LogP contribution >= 0.6 is 0 Å². The molecule has 0 spiro atoms. The first-order valence-electron chi connectivity index (χ1n) is 5.54. The van der Waals surface area contributed by atoms with Crippen molar-refractivity contribution < 1.29 is 9.53 Å². The number of carbonyl (C=O) groups is 1. The second-order valence-electron chi connectivity index (χ2n) is 3.75. The lowest BCUT2D eigenvalue weighted by Gasteiger charge is -2.19. The lowest BCUT2D eigenvalue weighted by atomic mass is 9.99. The maximum absolute atomic E-state index is 11.3. The third-order valence-corrected chi connectivity index (χ3v) is 2.61. The van der Waals surface area contributed by atoms with E-state index in [0.29, 0.717) is 6.42 Å². The zero-order valence-corrected chi connectivity index (χ0v) is 10.1. The Morgan fingerprint density at radius 1 is 1.44 bits per heavy atom. The number of rotatable bonds is 5. The molecule has 88 valence electrons. The Balaban J connectivity index is 2.85. The Hall–Kier alpha value is -1.35. The normalized spacial score (nSPS) is 12.2. The van der Waals surface area contributed by atoms with Crippen molar-refractivity contribution in [3.63, 3.8) is 0 Å². The summed E-state index contributed by atoms with van der Waals surface area (Å²) in [6, 6.07) is 8.13. The average molecular weight is 221 g/mol. The molecule has 0 fully saturated rings. The summed E-state index contributed by atoms with van der Waals surface area (Å²) >= 11 is 0. The summed E-state index contributed by atoms with van der Waals surface area (Å²) in [6.45, 7) is 4.91. The van der Waals surface area contributed by atoms with Crippen molar-refractivity contribution in [1.82, 2.24) is 5.32 Å². The largest absolute Gasteiger partial charge is 0.469 e. The third kappa shape index (κ3) is 3.35. The van der Waals surface area contributed by atoms with Crippen molar-refractivity contribution in [2.24, 2.45) is 0 Å². The van der Waals surface area contributed by atoms with Crippen molar-refractivity contribution in [3.05, 3.63) is 35.4 Å². The van der Waals surface area contributed by atoms with Gasteiger partial charge in [0.15, 0.2) is 0 Å². The fourth-order valence-electron chi connectivity index (χ4n) is 1.77. The summed E-state index contributed by atoms with van der Waals surface area (Å²) in [5.41, 5.74) is 2.35. The van der Waals surface area contributed by atoms with Crippen LogP contribution in [0.2, 0.25) is 0 Å². The molecule has 1 rings (SSSR count). The maximum atomic E-state index is 11.3. The summed E-state index contributed by atoms with van der Waals surface area (Å²) in [4.78, 5) is 11.3. The number of aryl methyl sites for hydroxylation is 1. The number of methoxy groups -OCH3 is 1. The molecule has 0 saturated heterocycles. The van der Waals surface area contributed by atoms with Crippen molar-refractivity contribution >= 4 is 5.97 Å². The van der Waals surface area contributed by atoms with Crippen molar-refractivity contribution in [1.29, 1.82) is 0 Å². The van der Waals surface area contributed by atoms with Crippen LogP contribution in [0.25, 0.3) is 0 Å². The molecule has 1 N–H and O–H groups in total. The topological polar surface area (TPSA) is 38.3 Å². The standard InChI is InChI=1S/C13H19NO2/c1-4-14-12(9-13(15)16-3)11-8-6-5-7-10(11)2/h5-8,12,14H,4,9H2,1-3H3. The van der Waals surface area contributed by atoms with Gasteiger partial charge in [0.2, 0.25) is 0 Å². The van der Waals surface area contributed by atoms with Crippen LogP contribution in [0.3, 0.4) is 0 Å². The molecule has 0 aliphatic heterocycles. The highest BCUT2D eigenvalue weighted by molar-refractivity contribution is 5.70. The van der Waals surface area contributed by atoms with E-state index in [1.807, 2.05) is 25.1 Å². The quantitative estimate of drug-likeness (QED) is 0.775. The van der Waals surface area contributed by atoms with E-state index < -0.39 is 0 Å². The second-order valence-corrected chi connectivity index (χ2v) is 3.75. The van der Waals surface area contributed by atoms with Crippen LogP contribution in [-0.2, 0) is 9.53 Å². The van der Waals surface area contributed by atoms with Gasteiger partial charge in [-0.2, -0.15) is 0 Å². The molecular formula is C13H19NO2. The maximum Gasteiger partial charge on any atom is 0.307 e. The Morgan fingerprint density at radius 3 is 2.69 bits per heavy atom. The van der Waals surface area contributed by atoms with Crippen molar-refractivity contribution in [2.45, 2.75) is 26.3 Å². The number of hydrogen-bond acceptors (Lipinski definition) is 3. The van der Waals surface area contributed by atoms with Gasteiger partial charge in [0.05, 0.1) is 13.5 Å². The molecule has 0 heterocycles. The highest BCUT2D eigenvalue weighted by Crippen LogP contribution is 2.20. The molecule has 0 radical (unpaired) electrons. The number of nitrogens with one attached hydrogen (secondary N) is 1. The van der Waals surface area contributed by atoms with E-state index in [2.05, 4.69) is 18.3 Å². The summed E-state index contributed by atoms with van der Waals surface area (Å²) in [5, 5.41) is 3.30. The number of hydrogen-bond donors (Lipinski definition) is 1. The molecule has 1 unspecified atom stereocenters. The minimum Gasteiger partial charge on any atom is -0.469 e. The summed E-state index contributed by atoms with van der Waals surface area (Å²) in [7, 11) is 1.42. The molecule has 0 aliphatic rings. The van der Waals surface area contributed by atoms with Gasteiger partial charge in [-0.25, -0.2) is 0 Å². The highest BCUT2D eigenvalue weighted by atomic mass is 16.5. The van der Waals surface area contributed by atoms with Crippen LogP contribution in [-0.4, -0.2) is 19.6 Å². The zero-order valence-electron chi connectivity index (χ0n) is 10.1. The minimum atomic E-state index is -0.186. The van der Waals surface area contributed by atoms with Gasteiger partial charge < -0.3 is 10.1 Å². The number of benzene rings is 1. The predicted molar refractivity (Wildman–Crippen MR) is 64.2 cm³/mol. The van der Waals surface area contributed by atoms with Crippen LogP contribution in [0.15, 0.2) is 24.3 Å². The lowest BCUT2D eigenvalue weighted by Crippen LogP contribution is -2.24. The van der Waals surface area contributed by atoms with Gasteiger partial charge in [0.1, 0.15) is 0 Å². The Kier molecular flexibility index (Phi) is 4.99. The van der Waals surface area contributed by atoms with E-state index in [1.165, 1.54) is 12.7 Å². The van der Waals surface area contributed by atoms with E-state index in [0.717, 1.165) is 12.1 Å². The van der Waals surface area contributed by atoms with E-state index in [4.69, 9.17) is 4.74 Å². The first-order chi connectivity index (χ1) is 7.69. The predicted octanol–water partition coefficient (Wildman–Crippen LogP) is 2.21. The van der Waals surface area contributed by atoms with Gasteiger partial charge in [-0.15, -0.1) is 0 Å². The molecule has 0 bridgehead atoms. The fraction of sp³-hybridized carbons (Fsp3) is 0.462. The van der Waals surface area contributed by atoms with Gasteiger partial charge in [-0.05, 0) is 24.6 Å². The molecule has 0 aromatic heterocycles. The molecule has 0 aliphatic carbocycles. The van der Waals surface area contributed by atoms with E-state index in [1.54, 1.807) is 0 Å². The third-order valence-electron chi connectivity index (χ3n) is 2.61. The van der Waals surface area contributed by atoms with Gasteiger partial charge in [-0.3, -0.25) is 4.79 Å². The summed E-state index contributed by atoms with van der Waals surface area (Å²) in [5.74, 6) is -0.186. The molecule has 3 nitrogen and oxygen atoms in total. The number of carbonyl (C=O) groups excluding carboxylic acids is 1. The van der Waals surface area contributed by atoms with E-state index in [9.17, 15) is 4.79 Å². The van der Waals surface area contributed by atoms with Gasteiger partial charge in [-0.1, -0.05) is 31.2 Å². The molecular weight excluding hydrogens is 202 g/mol. The minimum absolute atomic E-state index is 0.0404. The number of esters is 1.